The van der Waals surface area contributed by atoms with E-state index in [1.807, 2.05) is 10.7 Å². The molecule has 2 heterocycles. The molecule has 1 aromatic heterocycles. The predicted molar refractivity (Wildman–Crippen MR) is 68.6 cm³/mol. The molecule has 1 aliphatic rings. The highest BCUT2D eigenvalue weighted by Gasteiger charge is 2.21. The number of nitrogens with one attached hydrogen (secondary N) is 3. The van der Waals surface area contributed by atoms with Crippen molar-refractivity contribution in [1.29, 1.82) is 0 Å². The number of nitrogens with zero attached hydrogens (tertiary/aromatic N) is 2. The average molecular weight is 239 g/mol. The van der Waals surface area contributed by atoms with Gasteiger partial charge in [0.2, 0.25) is 0 Å². The minimum Gasteiger partial charge on any atom is -0.360 e. The minimum atomic E-state index is 0.335. The first-order valence-electron chi connectivity index (χ1n) is 5.48. The highest BCUT2D eigenvalue weighted by atomic mass is 32.1. The van der Waals surface area contributed by atoms with Crippen molar-refractivity contribution in [2.45, 2.75) is 25.9 Å². The van der Waals surface area contributed by atoms with E-state index in [1.54, 1.807) is 6.20 Å². The SMILES string of the molecule is CC(C)NC(=S)Nc1ccnn1C1CNC1. The van der Waals surface area contributed by atoms with Gasteiger partial charge in [0.05, 0.1) is 12.2 Å². The molecular formula is C10H17N5S. The monoisotopic (exact) mass is 239 g/mol. The molecule has 2 rings (SSSR count). The molecule has 0 bridgehead atoms. The molecule has 1 saturated heterocycles. The van der Waals surface area contributed by atoms with Crippen LogP contribution in [0.15, 0.2) is 12.3 Å². The molecular weight excluding hydrogens is 222 g/mol. The van der Waals surface area contributed by atoms with E-state index in [0.29, 0.717) is 17.2 Å². The molecule has 0 saturated carbocycles. The first-order chi connectivity index (χ1) is 7.66. The van der Waals surface area contributed by atoms with Crippen molar-refractivity contribution >= 4 is 23.1 Å². The summed E-state index contributed by atoms with van der Waals surface area (Å²) in [5, 5.41) is 14.5. The molecule has 1 aromatic rings. The third-order valence-electron chi connectivity index (χ3n) is 2.44. The van der Waals surface area contributed by atoms with Gasteiger partial charge >= 0.3 is 0 Å². The average Bonchev–Trinajstić information content (AvgIpc) is 2.48. The fraction of sp³-hybridized carbons (Fsp3) is 0.600. The van der Waals surface area contributed by atoms with Gasteiger partial charge in [-0.2, -0.15) is 5.10 Å². The lowest BCUT2D eigenvalue weighted by Crippen LogP contribution is -2.44. The molecule has 0 amide bonds. The molecule has 3 N–H and O–H groups in total. The maximum absolute atomic E-state index is 5.20. The van der Waals surface area contributed by atoms with Crippen LogP contribution >= 0.6 is 12.2 Å². The third kappa shape index (κ3) is 2.51. The Morgan fingerprint density at radius 1 is 1.62 bits per heavy atom. The van der Waals surface area contributed by atoms with Crippen LogP contribution in [0, 0.1) is 0 Å². The fourth-order valence-electron chi connectivity index (χ4n) is 1.57. The van der Waals surface area contributed by atoms with E-state index in [2.05, 4.69) is 34.9 Å². The van der Waals surface area contributed by atoms with Crippen LogP contribution in [0.3, 0.4) is 0 Å². The molecule has 88 valence electrons. The molecule has 16 heavy (non-hydrogen) atoms. The fourth-order valence-corrected chi connectivity index (χ4v) is 1.91. The molecule has 0 aliphatic carbocycles. The zero-order valence-corrected chi connectivity index (χ0v) is 10.3. The number of thiocarbonyl (C=S) groups is 1. The topological polar surface area (TPSA) is 53.9 Å². The highest BCUT2D eigenvalue weighted by Crippen LogP contribution is 2.17. The van der Waals surface area contributed by atoms with Crippen molar-refractivity contribution < 1.29 is 0 Å². The zero-order chi connectivity index (χ0) is 11.5. The van der Waals surface area contributed by atoms with Crippen LogP contribution in [0.4, 0.5) is 5.82 Å². The molecule has 1 aliphatic heterocycles. The van der Waals surface area contributed by atoms with Gasteiger partial charge in [0.25, 0.3) is 0 Å². The first kappa shape index (κ1) is 11.3. The summed E-state index contributed by atoms with van der Waals surface area (Å²) in [4.78, 5) is 0. The van der Waals surface area contributed by atoms with Gasteiger partial charge in [-0.15, -0.1) is 0 Å². The van der Waals surface area contributed by atoms with E-state index in [0.717, 1.165) is 18.9 Å². The summed E-state index contributed by atoms with van der Waals surface area (Å²) in [7, 11) is 0. The standard InChI is InChI=1S/C10H17N5S/c1-7(2)13-10(16)14-9-3-4-12-15(9)8-5-11-6-8/h3-4,7-8,11H,5-6H2,1-2H3,(H2,13,14,16). The summed E-state index contributed by atoms with van der Waals surface area (Å²) in [5.41, 5.74) is 0. The van der Waals surface area contributed by atoms with Gasteiger partial charge in [-0.3, -0.25) is 0 Å². The minimum absolute atomic E-state index is 0.335. The van der Waals surface area contributed by atoms with E-state index in [4.69, 9.17) is 12.2 Å². The van der Waals surface area contributed by atoms with Crippen LogP contribution in [-0.4, -0.2) is 34.0 Å². The number of aromatic nitrogens is 2. The lowest BCUT2D eigenvalue weighted by molar-refractivity contribution is 0.322. The van der Waals surface area contributed by atoms with Crippen LogP contribution in [0.2, 0.25) is 0 Å². The summed E-state index contributed by atoms with van der Waals surface area (Å²) in [6.07, 6.45) is 1.79. The Bertz CT molecular complexity index is 369. The van der Waals surface area contributed by atoms with Gasteiger partial charge in [0, 0.05) is 25.2 Å². The summed E-state index contributed by atoms with van der Waals surface area (Å²) in [5.74, 6) is 0.949. The normalized spacial score (nSPS) is 15.9. The second kappa shape index (κ2) is 4.80. The Balaban J connectivity index is 1.98. The molecule has 0 atom stereocenters. The Kier molecular flexibility index (Phi) is 3.40. The van der Waals surface area contributed by atoms with Crippen molar-refractivity contribution in [2.75, 3.05) is 18.4 Å². The van der Waals surface area contributed by atoms with Crippen LogP contribution in [0.5, 0.6) is 0 Å². The van der Waals surface area contributed by atoms with Crippen molar-refractivity contribution in [1.82, 2.24) is 20.4 Å². The van der Waals surface area contributed by atoms with Gasteiger partial charge < -0.3 is 16.0 Å². The van der Waals surface area contributed by atoms with Crippen molar-refractivity contribution in [3.05, 3.63) is 12.3 Å². The third-order valence-corrected chi connectivity index (χ3v) is 2.66. The quantitative estimate of drug-likeness (QED) is 0.679. The molecule has 0 radical (unpaired) electrons. The summed E-state index contributed by atoms with van der Waals surface area (Å²) >= 11 is 5.20. The number of hydrogen-bond donors (Lipinski definition) is 3. The second-order valence-electron chi connectivity index (χ2n) is 4.23. The smallest absolute Gasteiger partial charge is 0.172 e. The van der Waals surface area contributed by atoms with Gasteiger partial charge in [-0.25, -0.2) is 4.68 Å². The van der Waals surface area contributed by atoms with Crippen LogP contribution in [-0.2, 0) is 0 Å². The molecule has 1 fully saturated rings. The van der Waals surface area contributed by atoms with E-state index < -0.39 is 0 Å². The van der Waals surface area contributed by atoms with Crippen molar-refractivity contribution in [3.8, 4) is 0 Å². The number of anilines is 1. The largest absolute Gasteiger partial charge is 0.360 e. The first-order valence-corrected chi connectivity index (χ1v) is 5.89. The van der Waals surface area contributed by atoms with E-state index >= 15 is 0 Å². The van der Waals surface area contributed by atoms with Gasteiger partial charge in [0.1, 0.15) is 5.82 Å². The van der Waals surface area contributed by atoms with Crippen molar-refractivity contribution in [2.24, 2.45) is 0 Å². The van der Waals surface area contributed by atoms with Crippen LogP contribution in [0.1, 0.15) is 19.9 Å². The second-order valence-corrected chi connectivity index (χ2v) is 4.63. The zero-order valence-electron chi connectivity index (χ0n) is 9.53. The molecule has 0 unspecified atom stereocenters. The number of rotatable bonds is 3. The van der Waals surface area contributed by atoms with Gasteiger partial charge in [-0.1, -0.05) is 0 Å². The van der Waals surface area contributed by atoms with E-state index in [9.17, 15) is 0 Å². The lowest BCUT2D eigenvalue weighted by atomic mass is 10.2. The molecule has 0 spiro atoms. The van der Waals surface area contributed by atoms with E-state index in [-0.39, 0.29) is 0 Å². The van der Waals surface area contributed by atoms with Crippen LogP contribution < -0.4 is 16.0 Å². The molecule has 0 aromatic carbocycles. The summed E-state index contributed by atoms with van der Waals surface area (Å²) in [6, 6.07) is 2.72. The molecule has 5 nitrogen and oxygen atoms in total. The van der Waals surface area contributed by atoms with Crippen LogP contribution in [0.25, 0.3) is 0 Å². The maximum Gasteiger partial charge on any atom is 0.172 e. The lowest BCUT2D eigenvalue weighted by Gasteiger charge is -2.29. The molecule has 6 heteroatoms. The Labute approximate surface area is 101 Å². The maximum atomic E-state index is 5.20. The van der Waals surface area contributed by atoms with Gasteiger partial charge in [0.15, 0.2) is 5.11 Å². The highest BCUT2D eigenvalue weighted by molar-refractivity contribution is 7.80. The summed E-state index contributed by atoms with van der Waals surface area (Å²) in [6.45, 7) is 6.06. The Hall–Kier alpha value is -1.14. The van der Waals surface area contributed by atoms with Crippen molar-refractivity contribution in [3.63, 3.8) is 0 Å². The number of hydrogen-bond acceptors (Lipinski definition) is 3. The summed E-state index contributed by atoms with van der Waals surface area (Å²) < 4.78 is 1.98. The Morgan fingerprint density at radius 2 is 2.38 bits per heavy atom. The predicted octanol–water partition coefficient (Wildman–Crippen LogP) is 0.722. The Morgan fingerprint density at radius 3 is 2.94 bits per heavy atom. The van der Waals surface area contributed by atoms with E-state index in [1.165, 1.54) is 0 Å². The van der Waals surface area contributed by atoms with Gasteiger partial charge in [-0.05, 0) is 26.1 Å².